The van der Waals surface area contributed by atoms with Gasteiger partial charge in [-0.2, -0.15) is 9.38 Å². The molecule has 0 aliphatic rings. The summed E-state index contributed by atoms with van der Waals surface area (Å²) in [4.78, 5) is 28.0. The van der Waals surface area contributed by atoms with Crippen molar-refractivity contribution in [3.05, 3.63) is 68.3 Å². The number of ether oxygens (including phenoxy) is 1. The summed E-state index contributed by atoms with van der Waals surface area (Å²) in [6.07, 6.45) is 1.57. The van der Waals surface area contributed by atoms with E-state index in [-0.39, 0.29) is 17.6 Å². The fourth-order valence-electron chi connectivity index (χ4n) is 2.31. The van der Waals surface area contributed by atoms with Gasteiger partial charge in [0, 0.05) is 11.1 Å². The Kier molecular flexibility index (Phi) is 4.11. The van der Waals surface area contributed by atoms with E-state index in [0.29, 0.717) is 21.3 Å². The summed E-state index contributed by atoms with van der Waals surface area (Å²) in [6.45, 7) is 0. The normalized spacial score (nSPS) is 10.8. The van der Waals surface area contributed by atoms with E-state index in [1.54, 1.807) is 48.0 Å². The number of imidazole rings is 1. The van der Waals surface area contributed by atoms with Crippen LogP contribution in [0.25, 0.3) is 4.96 Å². The molecule has 4 aromatic rings. The molecule has 26 heavy (non-hydrogen) atoms. The molecule has 0 saturated carbocycles. The van der Waals surface area contributed by atoms with Crippen LogP contribution in [0.3, 0.4) is 0 Å². The first-order valence-electron chi connectivity index (χ1n) is 7.34. The lowest BCUT2D eigenvalue weighted by Crippen LogP contribution is -2.09. The van der Waals surface area contributed by atoms with Crippen molar-refractivity contribution in [3.63, 3.8) is 0 Å². The number of carbonyl (C=O) groups excluding carboxylic acids is 1. The van der Waals surface area contributed by atoms with Crippen LogP contribution in [0.5, 0.6) is 11.6 Å². The monoisotopic (exact) mass is 386 g/mol. The minimum atomic E-state index is -0.530. The third kappa shape index (κ3) is 3.03. The highest BCUT2D eigenvalue weighted by Gasteiger charge is 2.25. The zero-order chi connectivity index (χ0) is 18.1. The molecule has 0 bridgehead atoms. The summed E-state index contributed by atoms with van der Waals surface area (Å²) in [7, 11) is 0. The van der Waals surface area contributed by atoms with Gasteiger partial charge in [-0.25, -0.2) is 0 Å². The van der Waals surface area contributed by atoms with Gasteiger partial charge in [0.2, 0.25) is 0 Å². The van der Waals surface area contributed by atoms with Crippen molar-refractivity contribution in [1.29, 1.82) is 0 Å². The van der Waals surface area contributed by atoms with Gasteiger partial charge in [-0.05, 0) is 40.6 Å². The number of hydrogen-bond acceptors (Lipinski definition) is 7. The van der Waals surface area contributed by atoms with Gasteiger partial charge in [0.05, 0.1) is 4.88 Å². The van der Waals surface area contributed by atoms with E-state index in [2.05, 4.69) is 10.3 Å². The van der Waals surface area contributed by atoms with Crippen LogP contribution in [-0.2, 0) is 0 Å². The number of nitro groups is 1. The molecule has 0 unspecified atom stereocenters. The SMILES string of the molecule is O=C(Nc1ccc(Oc2nc3sccn3c2[N+](=O)[O-])cc1)c1cccs1. The molecule has 4 rings (SSSR count). The maximum absolute atomic E-state index is 12.0. The molecule has 3 aromatic heterocycles. The minimum absolute atomic E-state index is 0.0720. The van der Waals surface area contributed by atoms with Crippen LogP contribution >= 0.6 is 22.7 Å². The third-order valence-electron chi connectivity index (χ3n) is 3.45. The number of carbonyl (C=O) groups is 1. The number of benzene rings is 1. The van der Waals surface area contributed by atoms with Crippen LogP contribution in [-0.4, -0.2) is 20.2 Å². The number of nitrogens with one attached hydrogen (secondary N) is 1. The smallest absolute Gasteiger partial charge is 0.393 e. The van der Waals surface area contributed by atoms with E-state index in [4.69, 9.17) is 4.74 Å². The molecule has 1 N–H and O–H groups in total. The lowest BCUT2D eigenvalue weighted by atomic mass is 10.3. The maximum atomic E-state index is 12.0. The van der Waals surface area contributed by atoms with Crippen molar-refractivity contribution in [2.75, 3.05) is 5.32 Å². The first-order valence-corrected chi connectivity index (χ1v) is 9.10. The Morgan fingerprint density at radius 3 is 2.69 bits per heavy atom. The Morgan fingerprint density at radius 1 is 1.19 bits per heavy atom. The van der Waals surface area contributed by atoms with Crippen LogP contribution < -0.4 is 10.1 Å². The Labute approximate surface area is 154 Å². The first kappa shape index (κ1) is 16.2. The Balaban J connectivity index is 1.53. The quantitative estimate of drug-likeness (QED) is 0.405. The predicted octanol–water partition coefficient (Wildman–Crippen LogP) is 4.41. The van der Waals surface area contributed by atoms with E-state index in [0.717, 1.165) is 0 Å². The molecule has 0 spiro atoms. The third-order valence-corrected chi connectivity index (χ3v) is 5.08. The molecule has 1 amide bonds. The van der Waals surface area contributed by atoms with Crippen molar-refractivity contribution in [2.24, 2.45) is 0 Å². The number of amides is 1. The number of fused-ring (bicyclic) bond motifs is 1. The molecule has 10 heteroatoms. The second-order valence-electron chi connectivity index (χ2n) is 5.11. The molecule has 3 heterocycles. The molecule has 0 atom stereocenters. The summed E-state index contributed by atoms with van der Waals surface area (Å²) in [5, 5.41) is 17.6. The summed E-state index contributed by atoms with van der Waals surface area (Å²) in [6, 6.07) is 10.1. The second-order valence-corrected chi connectivity index (χ2v) is 6.93. The van der Waals surface area contributed by atoms with E-state index in [1.807, 2.05) is 5.38 Å². The van der Waals surface area contributed by atoms with Gasteiger partial charge in [-0.15, -0.1) is 11.3 Å². The highest BCUT2D eigenvalue weighted by molar-refractivity contribution is 7.15. The van der Waals surface area contributed by atoms with E-state index in [9.17, 15) is 14.9 Å². The zero-order valence-electron chi connectivity index (χ0n) is 13.0. The predicted molar refractivity (Wildman–Crippen MR) is 98.5 cm³/mol. The summed E-state index contributed by atoms with van der Waals surface area (Å²) in [5.74, 6) is -0.111. The van der Waals surface area contributed by atoms with Crippen molar-refractivity contribution in [3.8, 4) is 11.6 Å². The molecule has 0 aliphatic heterocycles. The van der Waals surface area contributed by atoms with Gasteiger partial charge in [-0.3, -0.25) is 4.79 Å². The molecule has 8 nitrogen and oxygen atoms in total. The minimum Gasteiger partial charge on any atom is -0.433 e. The topological polar surface area (TPSA) is 98.8 Å². The standard InChI is InChI=1S/C16H10N4O4S2/c21-13(12-2-1-8-25-12)17-10-3-5-11(6-4-10)24-14-15(20(22)23)19-7-9-26-16(19)18-14/h1-9H,(H,17,21). The number of hydrogen-bond donors (Lipinski definition) is 1. The molecule has 0 radical (unpaired) electrons. The fourth-order valence-corrected chi connectivity index (χ4v) is 3.63. The van der Waals surface area contributed by atoms with Gasteiger partial charge >= 0.3 is 11.7 Å². The van der Waals surface area contributed by atoms with Gasteiger partial charge in [0.1, 0.15) is 11.9 Å². The molecule has 0 saturated heterocycles. The Morgan fingerprint density at radius 2 is 2.00 bits per heavy atom. The first-order chi connectivity index (χ1) is 12.6. The molecular weight excluding hydrogens is 376 g/mol. The van der Waals surface area contributed by atoms with Crippen LogP contribution in [0.4, 0.5) is 11.5 Å². The summed E-state index contributed by atoms with van der Waals surface area (Å²) >= 11 is 2.63. The molecule has 1 aromatic carbocycles. The van der Waals surface area contributed by atoms with Crippen molar-refractivity contribution < 1.29 is 14.5 Å². The average Bonchev–Trinajstić information content (AvgIpc) is 3.32. The lowest BCUT2D eigenvalue weighted by molar-refractivity contribution is -0.391. The number of aromatic nitrogens is 2. The van der Waals surface area contributed by atoms with Crippen LogP contribution in [0.15, 0.2) is 53.4 Å². The highest BCUT2D eigenvalue weighted by atomic mass is 32.1. The van der Waals surface area contributed by atoms with Crippen LogP contribution in [0.1, 0.15) is 9.67 Å². The van der Waals surface area contributed by atoms with Gasteiger partial charge in [0.15, 0.2) is 0 Å². The van der Waals surface area contributed by atoms with E-state index >= 15 is 0 Å². The van der Waals surface area contributed by atoms with E-state index in [1.165, 1.54) is 27.1 Å². The molecular formula is C16H10N4O4S2. The Hall–Kier alpha value is -3.24. The fraction of sp³-hybridized carbons (Fsp3) is 0. The van der Waals surface area contributed by atoms with Gasteiger partial charge in [0.25, 0.3) is 10.9 Å². The Bertz CT molecular complexity index is 1080. The van der Waals surface area contributed by atoms with Crippen molar-refractivity contribution >= 4 is 45.0 Å². The van der Waals surface area contributed by atoms with E-state index < -0.39 is 4.92 Å². The van der Waals surface area contributed by atoms with Crippen molar-refractivity contribution in [2.45, 2.75) is 0 Å². The second kappa shape index (κ2) is 6.58. The number of thiazole rings is 1. The number of nitrogens with zero attached hydrogens (tertiary/aromatic N) is 3. The van der Waals surface area contributed by atoms with Crippen LogP contribution in [0.2, 0.25) is 0 Å². The number of rotatable bonds is 5. The van der Waals surface area contributed by atoms with Gasteiger partial charge < -0.3 is 20.2 Å². The van der Waals surface area contributed by atoms with Crippen LogP contribution in [0, 0.1) is 10.1 Å². The maximum Gasteiger partial charge on any atom is 0.393 e. The largest absolute Gasteiger partial charge is 0.433 e. The molecule has 0 fully saturated rings. The summed E-state index contributed by atoms with van der Waals surface area (Å²) < 4.78 is 6.94. The van der Waals surface area contributed by atoms with Crippen molar-refractivity contribution in [1.82, 2.24) is 9.38 Å². The lowest BCUT2D eigenvalue weighted by Gasteiger charge is -2.06. The average molecular weight is 386 g/mol. The number of thiophene rings is 1. The summed E-state index contributed by atoms with van der Waals surface area (Å²) in [5.41, 5.74) is 0.594. The highest BCUT2D eigenvalue weighted by Crippen LogP contribution is 2.33. The molecule has 130 valence electrons. The number of anilines is 1. The zero-order valence-corrected chi connectivity index (χ0v) is 14.6. The van der Waals surface area contributed by atoms with Gasteiger partial charge in [-0.1, -0.05) is 17.4 Å². The molecule has 0 aliphatic carbocycles.